The van der Waals surface area contributed by atoms with Gasteiger partial charge in [-0.05, 0) is 42.7 Å². The molecule has 0 bridgehead atoms. The number of benzene rings is 2. The number of aliphatic hydroxyl groups is 1. The van der Waals surface area contributed by atoms with Gasteiger partial charge >= 0.3 is 0 Å². The number of imidazole rings is 1. The lowest BCUT2D eigenvalue weighted by Gasteiger charge is -2.31. The quantitative estimate of drug-likeness (QED) is 0.804. The van der Waals surface area contributed by atoms with Crippen LogP contribution in [0.1, 0.15) is 18.4 Å². The Bertz CT molecular complexity index is 843. The van der Waals surface area contributed by atoms with E-state index >= 15 is 0 Å². The standard InChI is InChI=1S/C19H20FN3O/c20-15-9-7-14(8-10-15)12-23-18-6-2-1-5-17(18)21-19(23)22-11-3-4-16(24)13-22/h1-2,5-10,16,24H,3-4,11-13H2. The molecule has 4 rings (SSSR count). The lowest BCUT2D eigenvalue weighted by Crippen LogP contribution is -2.39. The van der Waals surface area contributed by atoms with E-state index in [0.29, 0.717) is 13.1 Å². The molecule has 24 heavy (non-hydrogen) atoms. The van der Waals surface area contributed by atoms with Gasteiger partial charge in [-0.25, -0.2) is 9.37 Å². The minimum atomic E-state index is -0.308. The lowest BCUT2D eigenvalue weighted by atomic mass is 10.1. The van der Waals surface area contributed by atoms with Crippen molar-refractivity contribution in [2.24, 2.45) is 0 Å². The van der Waals surface area contributed by atoms with Crippen molar-refractivity contribution in [2.45, 2.75) is 25.5 Å². The Morgan fingerprint density at radius 3 is 2.71 bits per heavy atom. The third-order valence-electron chi connectivity index (χ3n) is 4.57. The van der Waals surface area contributed by atoms with Crippen molar-refractivity contribution in [1.82, 2.24) is 9.55 Å². The van der Waals surface area contributed by atoms with Crippen LogP contribution in [0.25, 0.3) is 11.0 Å². The zero-order valence-electron chi connectivity index (χ0n) is 13.4. The SMILES string of the molecule is OC1CCCN(c2nc3ccccc3n2Cc2ccc(F)cc2)C1. The summed E-state index contributed by atoms with van der Waals surface area (Å²) >= 11 is 0. The smallest absolute Gasteiger partial charge is 0.206 e. The van der Waals surface area contributed by atoms with Crippen molar-refractivity contribution >= 4 is 17.0 Å². The summed E-state index contributed by atoms with van der Waals surface area (Å²) in [5.74, 6) is 0.646. The fourth-order valence-corrected chi connectivity index (χ4v) is 3.37. The highest BCUT2D eigenvalue weighted by atomic mass is 19.1. The normalized spacial score (nSPS) is 18.2. The predicted octanol–water partition coefficient (Wildman–Crippen LogP) is 3.18. The van der Waals surface area contributed by atoms with Crippen LogP contribution in [0.3, 0.4) is 0 Å². The number of aliphatic hydroxyl groups excluding tert-OH is 1. The minimum absolute atomic E-state index is 0.228. The molecule has 124 valence electrons. The molecule has 1 aliphatic heterocycles. The maximum Gasteiger partial charge on any atom is 0.206 e. The van der Waals surface area contributed by atoms with Gasteiger partial charge in [-0.1, -0.05) is 24.3 Å². The maximum atomic E-state index is 13.2. The van der Waals surface area contributed by atoms with Crippen molar-refractivity contribution in [3.63, 3.8) is 0 Å². The number of hydrogen-bond donors (Lipinski definition) is 1. The Balaban J connectivity index is 1.76. The fraction of sp³-hybridized carbons (Fsp3) is 0.316. The highest BCUT2D eigenvalue weighted by molar-refractivity contribution is 5.79. The monoisotopic (exact) mass is 325 g/mol. The van der Waals surface area contributed by atoms with Crippen LogP contribution in [-0.4, -0.2) is 33.9 Å². The molecule has 1 aromatic heterocycles. The Morgan fingerprint density at radius 2 is 1.92 bits per heavy atom. The second-order valence-electron chi connectivity index (χ2n) is 6.36. The maximum absolute atomic E-state index is 13.2. The topological polar surface area (TPSA) is 41.3 Å². The van der Waals surface area contributed by atoms with Gasteiger partial charge in [0, 0.05) is 13.1 Å². The zero-order valence-corrected chi connectivity index (χ0v) is 13.4. The van der Waals surface area contributed by atoms with Gasteiger partial charge in [0.2, 0.25) is 5.95 Å². The number of piperidine rings is 1. The number of anilines is 1. The van der Waals surface area contributed by atoms with Crippen LogP contribution in [-0.2, 0) is 6.54 Å². The average molecular weight is 325 g/mol. The van der Waals surface area contributed by atoms with Gasteiger partial charge in [0.25, 0.3) is 0 Å². The molecule has 1 fully saturated rings. The fourth-order valence-electron chi connectivity index (χ4n) is 3.37. The third kappa shape index (κ3) is 2.87. The molecule has 1 aliphatic rings. The molecule has 2 heterocycles. The summed E-state index contributed by atoms with van der Waals surface area (Å²) in [7, 11) is 0. The van der Waals surface area contributed by atoms with Crippen LogP contribution in [0.15, 0.2) is 48.5 Å². The number of halogens is 1. The van der Waals surface area contributed by atoms with E-state index in [0.717, 1.165) is 41.9 Å². The van der Waals surface area contributed by atoms with Crippen molar-refractivity contribution < 1.29 is 9.50 Å². The first-order valence-electron chi connectivity index (χ1n) is 8.33. The molecule has 0 amide bonds. The Labute approximate surface area is 140 Å². The largest absolute Gasteiger partial charge is 0.391 e. The number of fused-ring (bicyclic) bond motifs is 1. The van der Waals surface area contributed by atoms with Gasteiger partial charge in [-0.3, -0.25) is 0 Å². The van der Waals surface area contributed by atoms with Gasteiger partial charge in [0.1, 0.15) is 5.82 Å². The molecule has 0 radical (unpaired) electrons. The molecule has 4 nitrogen and oxygen atoms in total. The summed E-state index contributed by atoms with van der Waals surface area (Å²) in [6, 6.07) is 14.6. The van der Waals surface area contributed by atoms with Crippen LogP contribution in [0.5, 0.6) is 0 Å². The number of nitrogens with zero attached hydrogens (tertiary/aromatic N) is 3. The minimum Gasteiger partial charge on any atom is -0.391 e. The Morgan fingerprint density at radius 1 is 1.12 bits per heavy atom. The van der Waals surface area contributed by atoms with Crippen molar-refractivity contribution in [1.29, 1.82) is 0 Å². The summed E-state index contributed by atoms with van der Waals surface area (Å²) in [4.78, 5) is 6.94. The van der Waals surface area contributed by atoms with Crippen LogP contribution in [0.2, 0.25) is 0 Å². The van der Waals surface area contributed by atoms with Crippen molar-refractivity contribution in [3.05, 3.63) is 59.9 Å². The molecule has 1 N–H and O–H groups in total. The summed E-state index contributed by atoms with van der Waals surface area (Å²) in [5, 5.41) is 10.0. The first kappa shape index (κ1) is 15.1. The van der Waals surface area contributed by atoms with Gasteiger partial charge in [0.05, 0.1) is 23.7 Å². The molecule has 0 aliphatic carbocycles. The molecule has 0 spiro atoms. The van der Waals surface area contributed by atoms with Crippen molar-refractivity contribution in [2.75, 3.05) is 18.0 Å². The van der Waals surface area contributed by atoms with E-state index in [1.165, 1.54) is 12.1 Å². The second-order valence-corrected chi connectivity index (χ2v) is 6.36. The zero-order chi connectivity index (χ0) is 16.5. The summed E-state index contributed by atoms with van der Waals surface area (Å²) in [6.07, 6.45) is 1.49. The summed E-state index contributed by atoms with van der Waals surface area (Å²) < 4.78 is 15.3. The van der Waals surface area contributed by atoms with Gasteiger partial charge in [0.15, 0.2) is 0 Å². The van der Waals surface area contributed by atoms with Crippen LogP contribution < -0.4 is 4.90 Å². The molecule has 3 aromatic rings. The van der Waals surface area contributed by atoms with E-state index in [-0.39, 0.29) is 11.9 Å². The van der Waals surface area contributed by atoms with Crippen LogP contribution >= 0.6 is 0 Å². The highest BCUT2D eigenvalue weighted by Crippen LogP contribution is 2.26. The van der Waals surface area contributed by atoms with E-state index in [1.54, 1.807) is 12.1 Å². The number of rotatable bonds is 3. The number of hydrogen-bond acceptors (Lipinski definition) is 3. The highest BCUT2D eigenvalue weighted by Gasteiger charge is 2.23. The van der Waals surface area contributed by atoms with Gasteiger partial charge in [-0.15, -0.1) is 0 Å². The summed E-state index contributed by atoms with van der Waals surface area (Å²) in [5.41, 5.74) is 3.02. The molecule has 1 saturated heterocycles. The van der Waals surface area contributed by atoms with E-state index in [4.69, 9.17) is 4.98 Å². The summed E-state index contributed by atoms with van der Waals surface area (Å²) in [6.45, 7) is 2.12. The molecule has 1 atom stereocenters. The third-order valence-corrected chi connectivity index (χ3v) is 4.57. The van der Waals surface area contributed by atoms with E-state index in [9.17, 15) is 9.50 Å². The molecule has 5 heteroatoms. The first-order valence-corrected chi connectivity index (χ1v) is 8.33. The number of β-amino-alcohol motifs (C(OH)–C–C–N with tert-alkyl or cyclic N) is 1. The van der Waals surface area contributed by atoms with E-state index in [1.807, 2.05) is 18.2 Å². The first-order chi connectivity index (χ1) is 11.7. The molecule has 2 aromatic carbocycles. The predicted molar refractivity (Wildman–Crippen MR) is 92.7 cm³/mol. The Hall–Kier alpha value is -2.40. The lowest BCUT2D eigenvalue weighted by molar-refractivity contribution is 0.153. The molecule has 1 unspecified atom stereocenters. The molecular formula is C19H20FN3O. The van der Waals surface area contributed by atoms with Crippen LogP contribution in [0, 0.1) is 5.82 Å². The Kier molecular flexibility index (Phi) is 3.94. The van der Waals surface area contributed by atoms with Crippen molar-refractivity contribution in [3.8, 4) is 0 Å². The average Bonchev–Trinajstić information content (AvgIpc) is 2.96. The van der Waals surface area contributed by atoms with Gasteiger partial charge < -0.3 is 14.6 Å². The van der Waals surface area contributed by atoms with Crippen LogP contribution in [0.4, 0.5) is 10.3 Å². The molecule has 0 saturated carbocycles. The van der Waals surface area contributed by atoms with E-state index < -0.39 is 0 Å². The second kappa shape index (κ2) is 6.24. The number of aromatic nitrogens is 2. The van der Waals surface area contributed by atoms with Gasteiger partial charge in [-0.2, -0.15) is 0 Å². The number of para-hydroxylation sites is 2. The van der Waals surface area contributed by atoms with E-state index in [2.05, 4.69) is 15.5 Å². The molecular weight excluding hydrogens is 305 g/mol.